The van der Waals surface area contributed by atoms with E-state index >= 15 is 0 Å². The van der Waals surface area contributed by atoms with Crippen LogP contribution in [-0.2, 0) is 0 Å². The molecule has 13 heteroatoms. The topological polar surface area (TPSA) is 148 Å². The van der Waals surface area contributed by atoms with E-state index in [0.29, 0.717) is 37.0 Å². The molecule has 8 nitrogen and oxygen atoms in total. The van der Waals surface area contributed by atoms with Gasteiger partial charge in [0.05, 0.1) is 59.4 Å². The second-order valence-corrected chi connectivity index (χ2v) is 9.94. The van der Waals surface area contributed by atoms with Crippen LogP contribution in [0.4, 0.5) is 0 Å². The maximum absolute atomic E-state index is 10.8. The van der Waals surface area contributed by atoms with E-state index in [1.54, 1.807) is 48.5 Å². The van der Waals surface area contributed by atoms with E-state index in [1.807, 2.05) is 12.1 Å². The van der Waals surface area contributed by atoms with Crippen molar-refractivity contribution in [1.29, 1.82) is 5.26 Å². The van der Waals surface area contributed by atoms with Crippen molar-refractivity contribution >= 4 is 74.4 Å². The van der Waals surface area contributed by atoms with Gasteiger partial charge < -0.3 is 20.6 Å². The van der Waals surface area contributed by atoms with Crippen molar-refractivity contribution < 1.29 is 44.9 Å². The Morgan fingerprint density at radius 3 is 1.49 bits per heavy atom. The SMILES string of the molecule is N#Cc1ccc(-c2nc3cc(Cl)c(Cl)cc3[nH]2)cc1.O=C(O)c1ccc(-c2nc3cc(Cl)c(Cl)cc3[nH]2)cc1.[Na+].[OH-]. The molecule has 2 aromatic heterocycles. The van der Waals surface area contributed by atoms with E-state index < -0.39 is 5.97 Å². The molecule has 41 heavy (non-hydrogen) atoms. The van der Waals surface area contributed by atoms with Crippen LogP contribution < -0.4 is 29.6 Å². The van der Waals surface area contributed by atoms with Gasteiger partial charge in [-0.15, -0.1) is 0 Å². The van der Waals surface area contributed by atoms with Gasteiger partial charge in [-0.3, -0.25) is 0 Å². The van der Waals surface area contributed by atoms with E-state index in [0.717, 1.165) is 33.5 Å². The molecular formula is C28H16Cl4N5NaO3. The van der Waals surface area contributed by atoms with Crippen molar-refractivity contribution in [2.45, 2.75) is 0 Å². The number of hydrogen-bond acceptors (Lipinski definition) is 5. The average Bonchev–Trinajstić information content (AvgIpc) is 3.53. The van der Waals surface area contributed by atoms with E-state index in [-0.39, 0.29) is 40.6 Å². The third-order valence-corrected chi connectivity index (χ3v) is 7.18. The first-order valence-electron chi connectivity index (χ1n) is 11.3. The largest absolute Gasteiger partial charge is 1.00 e. The molecule has 0 radical (unpaired) electrons. The molecule has 6 aromatic rings. The zero-order chi connectivity index (χ0) is 27.7. The monoisotopic (exact) mass is 633 g/mol. The minimum absolute atomic E-state index is 0. The Kier molecular flexibility index (Phi) is 10.8. The second kappa shape index (κ2) is 13.7. The smallest absolute Gasteiger partial charge is 0.870 e. The number of halogens is 4. The minimum Gasteiger partial charge on any atom is -0.870 e. The van der Waals surface area contributed by atoms with Crippen LogP contribution in [0.25, 0.3) is 44.8 Å². The van der Waals surface area contributed by atoms with Crippen LogP contribution in [0.5, 0.6) is 0 Å². The fourth-order valence-corrected chi connectivity index (χ4v) is 4.40. The molecule has 2 heterocycles. The molecule has 0 atom stereocenters. The summed E-state index contributed by atoms with van der Waals surface area (Å²) in [5, 5.41) is 19.5. The standard InChI is InChI=1S/C14H7Cl2N3.C14H8Cl2N2O2.Na.H2O/c15-10-5-12-13(6-11(10)16)19-14(18-12)9-3-1-8(7-17)2-4-9;15-9-5-11-12(6-10(9)16)18-13(17-11)7-1-3-8(4-2-7)14(19)20;;/h1-6H,(H,18,19);1-6H,(H,17,18)(H,19,20);;1H2/q;;+1;/p-1. The quantitative estimate of drug-likeness (QED) is 0.220. The first kappa shape index (κ1) is 32.4. The van der Waals surface area contributed by atoms with E-state index in [9.17, 15) is 4.79 Å². The van der Waals surface area contributed by atoms with Gasteiger partial charge in [0.2, 0.25) is 0 Å². The minimum atomic E-state index is -0.959. The molecule has 0 bridgehead atoms. The summed E-state index contributed by atoms with van der Waals surface area (Å²) >= 11 is 23.8. The molecule has 4 N–H and O–H groups in total. The van der Waals surface area contributed by atoms with Crippen LogP contribution >= 0.6 is 46.4 Å². The Morgan fingerprint density at radius 2 is 1.10 bits per heavy atom. The Balaban J connectivity index is 0.000000215. The molecule has 0 saturated heterocycles. The number of aromatic nitrogens is 4. The molecule has 0 fully saturated rings. The van der Waals surface area contributed by atoms with E-state index in [1.165, 1.54) is 12.1 Å². The van der Waals surface area contributed by atoms with Gasteiger partial charge in [-0.2, -0.15) is 5.26 Å². The molecule has 6 rings (SSSR count). The molecule has 4 aromatic carbocycles. The first-order valence-corrected chi connectivity index (χ1v) is 12.8. The molecule has 200 valence electrons. The van der Waals surface area contributed by atoms with Gasteiger partial charge in [0, 0.05) is 11.1 Å². The van der Waals surface area contributed by atoms with Crippen molar-refractivity contribution in [3.63, 3.8) is 0 Å². The van der Waals surface area contributed by atoms with Gasteiger partial charge in [0.15, 0.2) is 0 Å². The first-order chi connectivity index (χ1) is 18.7. The predicted molar refractivity (Wildman–Crippen MR) is 157 cm³/mol. The van der Waals surface area contributed by atoms with Crippen molar-refractivity contribution in [3.05, 3.63) is 104 Å². The van der Waals surface area contributed by atoms with Gasteiger partial charge in [-0.25, -0.2) is 14.8 Å². The maximum Gasteiger partial charge on any atom is 1.00 e. The molecule has 0 spiro atoms. The summed E-state index contributed by atoms with van der Waals surface area (Å²) < 4.78 is 0. The summed E-state index contributed by atoms with van der Waals surface area (Å²) in [4.78, 5) is 26.0. The summed E-state index contributed by atoms with van der Waals surface area (Å²) in [6, 6.07) is 22.6. The number of aromatic carboxylic acids is 1. The van der Waals surface area contributed by atoms with Gasteiger partial charge in [-0.1, -0.05) is 58.5 Å². The Labute approximate surface area is 275 Å². The van der Waals surface area contributed by atoms with Crippen LogP contribution in [0.1, 0.15) is 15.9 Å². The summed E-state index contributed by atoms with van der Waals surface area (Å²) in [5.74, 6) is 0.396. The Bertz CT molecular complexity index is 1820. The number of nitrogens with zero attached hydrogens (tertiary/aromatic N) is 3. The second-order valence-electron chi connectivity index (χ2n) is 8.31. The number of fused-ring (bicyclic) bond motifs is 2. The average molecular weight is 635 g/mol. The Morgan fingerprint density at radius 1 is 0.707 bits per heavy atom. The van der Waals surface area contributed by atoms with Crippen molar-refractivity contribution in [2.24, 2.45) is 0 Å². The fraction of sp³-hybridized carbons (Fsp3) is 0. The fourth-order valence-electron chi connectivity index (χ4n) is 3.76. The molecule has 0 aliphatic carbocycles. The normalized spacial score (nSPS) is 10.2. The summed E-state index contributed by atoms with van der Waals surface area (Å²) in [7, 11) is 0. The van der Waals surface area contributed by atoms with Crippen molar-refractivity contribution in [2.75, 3.05) is 0 Å². The van der Waals surface area contributed by atoms with Gasteiger partial charge in [-0.05, 0) is 60.7 Å². The van der Waals surface area contributed by atoms with Crippen LogP contribution in [-0.4, -0.2) is 36.5 Å². The molecule has 0 aliphatic rings. The summed E-state index contributed by atoms with van der Waals surface area (Å²) in [6.07, 6.45) is 0. The number of benzene rings is 4. The zero-order valence-corrected chi connectivity index (χ0v) is 26.1. The number of hydrogen-bond donors (Lipinski definition) is 3. The molecule has 0 saturated carbocycles. The third-order valence-electron chi connectivity index (χ3n) is 5.74. The third kappa shape index (κ3) is 7.22. The molecule has 0 unspecified atom stereocenters. The van der Waals surface area contributed by atoms with Gasteiger partial charge in [0.1, 0.15) is 11.6 Å². The van der Waals surface area contributed by atoms with Gasteiger partial charge in [0.25, 0.3) is 0 Å². The number of nitrogens with one attached hydrogen (secondary N) is 2. The van der Waals surface area contributed by atoms with Crippen molar-refractivity contribution in [3.8, 4) is 28.8 Å². The number of imidazole rings is 2. The van der Waals surface area contributed by atoms with Crippen LogP contribution in [0, 0.1) is 11.3 Å². The van der Waals surface area contributed by atoms with E-state index in [2.05, 4.69) is 26.0 Å². The molecular weight excluding hydrogens is 619 g/mol. The maximum atomic E-state index is 10.8. The number of carbonyl (C=O) groups is 1. The zero-order valence-electron chi connectivity index (χ0n) is 21.1. The number of carboxylic acid groups (broad SMARTS) is 1. The Hall–Kier alpha value is -3.10. The number of aromatic amines is 2. The van der Waals surface area contributed by atoms with Crippen molar-refractivity contribution in [1.82, 2.24) is 19.9 Å². The molecule has 0 amide bonds. The molecule has 0 aliphatic heterocycles. The number of nitriles is 1. The summed E-state index contributed by atoms with van der Waals surface area (Å²) in [5.41, 5.74) is 5.61. The van der Waals surface area contributed by atoms with E-state index in [4.69, 9.17) is 56.8 Å². The number of carboxylic acids is 1. The number of H-pyrrole nitrogens is 2. The van der Waals surface area contributed by atoms with Crippen LogP contribution in [0.3, 0.4) is 0 Å². The predicted octanol–water partition coefficient (Wildman–Crippen LogP) is 5.47. The van der Waals surface area contributed by atoms with Gasteiger partial charge >= 0.3 is 35.5 Å². The number of rotatable bonds is 3. The summed E-state index contributed by atoms with van der Waals surface area (Å²) in [6.45, 7) is 0. The van der Waals surface area contributed by atoms with Crippen LogP contribution in [0.2, 0.25) is 20.1 Å². The van der Waals surface area contributed by atoms with Crippen LogP contribution in [0.15, 0.2) is 72.8 Å².